The molecule has 0 rings (SSSR count). The van der Waals surface area contributed by atoms with Gasteiger partial charge < -0.3 is 21.1 Å². The molecule has 0 aromatic carbocycles. The van der Waals surface area contributed by atoms with Gasteiger partial charge in [-0.25, -0.2) is 4.57 Å². The standard InChI is InChI=1S/C42H83N2O6P/c1-3-5-7-9-11-13-15-17-19-20-22-24-26-28-30-32-34-36-42(46)44-40(39-50-51(47,48)49-38-37-43)41(45)35-33-31-29-27-25-23-21-18-16-14-12-10-8-6-4-2/h25,27,33,35,40-41,45H,3-24,26,28-32,34,36-39,43H2,1-2H3,(H,44,46)(H,47,48)/b27-25+,35-33+. The van der Waals surface area contributed by atoms with Crippen molar-refractivity contribution < 1.29 is 28.4 Å². The summed E-state index contributed by atoms with van der Waals surface area (Å²) in [7, 11) is -4.34. The number of hydrogen-bond donors (Lipinski definition) is 4. The van der Waals surface area contributed by atoms with E-state index < -0.39 is 20.0 Å². The molecule has 0 aliphatic carbocycles. The predicted molar refractivity (Wildman–Crippen MR) is 217 cm³/mol. The first-order valence-electron chi connectivity index (χ1n) is 21.5. The Labute approximate surface area is 315 Å². The maximum atomic E-state index is 12.7. The number of aliphatic hydroxyl groups is 1. The number of rotatable bonds is 40. The van der Waals surface area contributed by atoms with E-state index in [4.69, 9.17) is 14.8 Å². The molecule has 0 fully saturated rings. The zero-order chi connectivity index (χ0) is 37.5. The summed E-state index contributed by atoms with van der Waals surface area (Å²) in [5.74, 6) is -0.202. The van der Waals surface area contributed by atoms with Crippen molar-refractivity contribution in [3.63, 3.8) is 0 Å². The van der Waals surface area contributed by atoms with Gasteiger partial charge in [0.2, 0.25) is 5.91 Å². The summed E-state index contributed by atoms with van der Waals surface area (Å²) in [5, 5.41) is 13.6. The lowest BCUT2D eigenvalue weighted by molar-refractivity contribution is -0.123. The van der Waals surface area contributed by atoms with Crippen LogP contribution in [-0.4, -0.2) is 47.8 Å². The van der Waals surface area contributed by atoms with Crippen LogP contribution in [0.3, 0.4) is 0 Å². The van der Waals surface area contributed by atoms with Crippen molar-refractivity contribution in [1.82, 2.24) is 5.32 Å². The number of allylic oxidation sites excluding steroid dienone is 3. The number of phosphoric acid groups is 1. The molecule has 1 amide bonds. The molecule has 0 saturated heterocycles. The number of aliphatic hydroxyl groups excluding tert-OH is 1. The molecule has 0 bridgehead atoms. The first-order chi connectivity index (χ1) is 24.9. The van der Waals surface area contributed by atoms with E-state index in [-0.39, 0.29) is 25.7 Å². The SMILES string of the molecule is CCCCCCCCCCC/C=C/CC/C=C/C(O)C(COP(=O)(O)OCCN)NC(=O)CCCCCCCCCCCCCCCCCCC. The van der Waals surface area contributed by atoms with Crippen molar-refractivity contribution in [3.8, 4) is 0 Å². The number of hydrogen-bond acceptors (Lipinski definition) is 6. The van der Waals surface area contributed by atoms with Crippen LogP contribution in [0.1, 0.15) is 206 Å². The molecule has 0 aliphatic rings. The minimum atomic E-state index is -4.34. The molecule has 0 heterocycles. The largest absolute Gasteiger partial charge is 0.472 e. The molecule has 0 aromatic rings. The van der Waals surface area contributed by atoms with Gasteiger partial charge in [-0.15, -0.1) is 0 Å². The third-order valence-electron chi connectivity index (χ3n) is 9.53. The molecular weight excluding hydrogens is 659 g/mol. The summed E-state index contributed by atoms with van der Waals surface area (Å²) in [6.07, 6.45) is 43.7. The maximum absolute atomic E-state index is 12.7. The molecule has 0 saturated carbocycles. The second-order valence-corrected chi connectivity index (χ2v) is 16.0. The van der Waals surface area contributed by atoms with Crippen LogP contribution in [0.25, 0.3) is 0 Å². The van der Waals surface area contributed by atoms with Crippen LogP contribution in [0.5, 0.6) is 0 Å². The molecular formula is C42H83N2O6P. The normalized spacial score (nSPS) is 14.4. The van der Waals surface area contributed by atoms with Gasteiger partial charge in [0.25, 0.3) is 0 Å². The highest BCUT2D eigenvalue weighted by atomic mass is 31.2. The summed E-state index contributed by atoms with van der Waals surface area (Å²) >= 11 is 0. The summed E-state index contributed by atoms with van der Waals surface area (Å²) in [6, 6.07) is -0.872. The van der Waals surface area contributed by atoms with E-state index in [1.165, 1.54) is 148 Å². The number of nitrogens with one attached hydrogen (secondary N) is 1. The molecule has 0 radical (unpaired) electrons. The van der Waals surface area contributed by atoms with Gasteiger partial charge in [-0.05, 0) is 32.1 Å². The average Bonchev–Trinajstić information content (AvgIpc) is 3.12. The molecule has 9 heteroatoms. The number of carbonyl (C=O) groups excluding carboxylic acids is 1. The second-order valence-electron chi connectivity index (χ2n) is 14.6. The minimum absolute atomic E-state index is 0.0758. The zero-order valence-corrected chi connectivity index (χ0v) is 34.2. The Morgan fingerprint density at radius 2 is 1.04 bits per heavy atom. The third-order valence-corrected chi connectivity index (χ3v) is 10.5. The number of unbranched alkanes of at least 4 members (excludes halogenated alkanes) is 26. The van der Waals surface area contributed by atoms with Gasteiger partial charge in [-0.2, -0.15) is 0 Å². The highest BCUT2D eigenvalue weighted by Crippen LogP contribution is 2.43. The van der Waals surface area contributed by atoms with Gasteiger partial charge in [0.05, 0.1) is 25.4 Å². The maximum Gasteiger partial charge on any atom is 0.472 e. The summed E-state index contributed by atoms with van der Waals surface area (Å²) < 4.78 is 22.1. The smallest absolute Gasteiger partial charge is 0.387 e. The van der Waals surface area contributed by atoms with Crippen LogP contribution in [0, 0.1) is 0 Å². The Hall–Kier alpha value is -1.02. The van der Waals surface area contributed by atoms with E-state index in [9.17, 15) is 19.4 Å². The molecule has 0 aliphatic heterocycles. The van der Waals surface area contributed by atoms with Crippen LogP contribution in [-0.2, 0) is 18.4 Å². The van der Waals surface area contributed by atoms with Crippen molar-refractivity contribution in [2.75, 3.05) is 19.8 Å². The highest BCUT2D eigenvalue weighted by molar-refractivity contribution is 7.47. The van der Waals surface area contributed by atoms with Crippen LogP contribution < -0.4 is 11.1 Å². The quantitative estimate of drug-likeness (QED) is 0.0279. The van der Waals surface area contributed by atoms with Gasteiger partial charge in [-0.1, -0.05) is 192 Å². The fourth-order valence-electron chi connectivity index (χ4n) is 6.27. The van der Waals surface area contributed by atoms with Crippen molar-refractivity contribution in [3.05, 3.63) is 24.3 Å². The lowest BCUT2D eigenvalue weighted by Gasteiger charge is -2.23. The molecule has 3 atom stereocenters. The van der Waals surface area contributed by atoms with Crippen LogP contribution >= 0.6 is 7.82 Å². The van der Waals surface area contributed by atoms with E-state index in [0.29, 0.717) is 6.42 Å². The fraction of sp³-hybridized carbons (Fsp3) is 0.881. The Morgan fingerprint density at radius 1 is 0.627 bits per heavy atom. The topological polar surface area (TPSA) is 131 Å². The van der Waals surface area contributed by atoms with Crippen molar-refractivity contribution in [2.24, 2.45) is 5.73 Å². The van der Waals surface area contributed by atoms with Crippen molar-refractivity contribution >= 4 is 13.7 Å². The van der Waals surface area contributed by atoms with E-state index in [1.54, 1.807) is 6.08 Å². The Balaban J connectivity index is 4.24. The summed E-state index contributed by atoms with van der Waals surface area (Å²) in [4.78, 5) is 22.7. The molecule has 8 nitrogen and oxygen atoms in total. The molecule has 3 unspecified atom stereocenters. The third kappa shape index (κ3) is 37.1. The van der Waals surface area contributed by atoms with Crippen LogP contribution in [0.4, 0.5) is 0 Å². The number of nitrogens with two attached hydrogens (primary N) is 1. The van der Waals surface area contributed by atoms with Crippen molar-refractivity contribution in [2.45, 2.75) is 219 Å². The number of amides is 1. The first-order valence-corrected chi connectivity index (χ1v) is 23.0. The number of phosphoric ester groups is 1. The van der Waals surface area contributed by atoms with Crippen LogP contribution in [0.2, 0.25) is 0 Å². The van der Waals surface area contributed by atoms with E-state index in [2.05, 4.69) is 31.3 Å². The lowest BCUT2D eigenvalue weighted by atomic mass is 10.0. The van der Waals surface area contributed by atoms with E-state index in [1.807, 2.05) is 6.08 Å². The van der Waals surface area contributed by atoms with Gasteiger partial charge in [0.1, 0.15) is 0 Å². The molecule has 51 heavy (non-hydrogen) atoms. The van der Waals surface area contributed by atoms with Gasteiger partial charge in [0, 0.05) is 13.0 Å². The van der Waals surface area contributed by atoms with Crippen LogP contribution in [0.15, 0.2) is 24.3 Å². The van der Waals surface area contributed by atoms with E-state index >= 15 is 0 Å². The number of carbonyl (C=O) groups is 1. The first kappa shape index (κ1) is 50.0. The monoisotopic (exact) mass is 743 g/mol. The Bertz CT molecular complexity index is 855. The van der Waals surface area contributed by atoms with Gasteiger partial charge in [-0.3, -0.25) is 13.8 Å². The van der Waals surface area contributed by atoms with Gasteiger partial charge >= 0.3 is 7.82 Å². The summed E-state index contributed by atoms with van der Waals surface area (Å²) in [5.41, 5.74) is 5.37. The zero-order valence-electron chi connectivity index (χ0n) is 33.4. The Morgan fingerprint density at radius 3 is 1.51 bits per heavy atom. The predicted octanol–water partition coefficient (Wildman–Crippen LogP) is 11.8. The second kappa shape index (κ2) is 38.7. The summed E-state index contributed by atoms with van der Waals surface area (Å²) in [6.45, 7) is 4.12. The molecule has 0 aromatic heterocycles. The molecule has 0 spiro atoms. The van der Waals surface area contributed by atoms with Gasteiger partial charge in [0.15, 0.2) is 0 Å². The Kier molecular flexibility index (Phi) is 37.9. The lowest BCUT2D eigenvalue weighted by Crippen LogP contribution is -2.45. The van der Waals surface area contributed by atoms with Crippen molar-refractivity contribution in [1.29, 1.82) is 0 Å². The highest BCUT2D eigenvalue weighted by Gasteiger charge is 2.26. The van der Waals surface area contributed by atoms with E-state index in [0.717, 1.165) is 38.5 Å². The molecule has 302 valence electrons. The molecule has 5 N–H and O–H groups in total. The average molecular weight is 743 g/mol. The minimum Gasteiger partial charge on any atom is -0.387 e. The fourth-order valence-corrected chi connectivity index (χ4v) is 7.03.